The molecule has 1 aromatic heterocycles. The van der Waals surface area contributed by atoms with Crippen molar-refractivity contribution in [2.75, 3.05) is 26.3 Å². The standard InChI is InChI=1S/C16H27N3O3/c1-11-15(12(2)18(6)17-11)22-10-14(20)19-7-8-21-13(9-19)16(3,4)5/h13H,7-10H2,1-6H3. The monoisotopic (exact) mass is 309 g/mol. The van der Waals surface area contributed by atoms with E-state index in [0.29, 0.717) is 25.4 Å². The molecule has 1 atom stereocenters. The number of aryl methyl sites for hydroxylation is 2. The summed E-state index contributed by atoms with van der Waals surface area (Å²) in [6.45, 7) is 12.1. The van der Waals surface area contributed by atoms with Crippen LogP contribution < -0.4 is 4.74 Å². The first-order valence-corrected chi connectivity index (χ1v) is 7.72. The summed E-state index contributed by atoms with van der Waals surface area (Å²) >= 11 is 0. The molecule has 0 spiro atoms. The van der Waals surface area contributed by atoms with Crippen LogP contribution in [0.3, 0.4) is 0 Å². The Morgan fingerprint density at radius 3 is 2.64 bits per heavy atom. The van der Waals surface area contributed by atoms with Crippen LogP contribution in [0.4, 0.5) is 0 Å². The van der Waals surface area contributed by atoms with E-state index in [1.54, 1.807) is 4.68 Å². The minimum Gasteiger partial charge on any atom is -0.480 e. The molecule has 6 nitrogen and oxygen atoms in total. The topological polar surface area (TPSA) is 56.6 Å². The molecule has 2 heterocycles. The molecule has 1 aromatic rings. The maximum atomic E-state index is 12.4. The summed E-state index contributed by atoms with van der Waals surface area (Å²) in [4.78, 5) is 14.2. The first-order chi connectivity index (χ1) is 10.2. The third-order valence-corrected chi connectivity index (χ3v) is 4.17. The SMILES string of the molecule is Cc1nn(C)c(C)c1OCC(=O)N1CCOC(C(C)(C)C)C1. The van der Waals surface area contributed by atoms with Crippen molar-refractivity contribution in [1.29, 1.82) is 0 Å². The number of ether oxygens (including phenoxy) is 2. The lowest BCUT2D eigenvalue weighted by Crippen LogP contribution is -2.51. The quantitative estimate of drug-likeness (QED) is 0.852. The molecule has 0 bridgehead atoms. The summed E-state index contributed by atoms with van der Waals surface area (Å²) in [5.41, 5.74) is 1.76. The van der Waals surface area contributed by atoms with Crippen molar-refractivity contribution >= 4 is 5.91 Å². The van der Waals surface area contributed by atoms with Crippen LogP contribution in [-0.4, -0.2) is 53.0 Å². The Bertz CT molecular complexity index is 546. The summed E-state index contributed by atoms with van der Waals surface area (Å²) in [6.07, 6.45) is 0.0621. The van der Waals surface area contributed by atoms with E-state index in [1.165, 1.54) is 0 Å². The van der Waals surface area contributed by atoms with Crippen molar-refractivity contribution in [2.45, 2.75) is 40.7 Å². The van der Waals surface area contributed by atoms with Gasteiger partial charge in [0.05, 0.1) is 18.4 Å². The lowest BCUT2D eigenvalue weighted by atomic mass is 9.88. The number of nitrogens with zero attached hydrogens (tertiary/aromatic N) is 3. The van der Waals surface area contributed by atoms with Crippen LogP contribution in [-0.2, 0) is 16.6 Å². The van der Waals surface area contributed by atoms with Gasteiger partial charge >= 0.3 is 0 Å². The number of hydrogen-bond donors (Lipinski definition) is 0. The zero-order valence-corrected chi connectivity index (χ0v) is 14.5. The largest absolute Gasteiger partial charge is 0.480 e. The molecule has 1 fully saturated rings. The van der Waals surface area contributed by atoms with Gasteiger partial charge < -0.3 is 14.4 Å². The van der Waals surface area contributed by atoms with Crippen LogP contribution in [0.1, 0.15) is 32.2 Å². The zero-order valence-electron chi connectivity index (χ0n) is 14.5. The van der Waals surface area contributed by atoms with Gasteiger partial charge in [-0.2, -0.15) is 5.10 Å². The lowest BCUT2D eigenvalue weighted by molar-refractivity contribution is -0.145. The predicted molar refractivity (Wildman–Crippen MR) is 84.0 cm³/mol. The van der Waals surface area contributed by atoms with Crippen molar-refractivity contribution in [3.05, 3.63) is 11.4 Å². The zero-order chi connectivity index (χ0) is 16.5. The van der Waals surface area contributed by atoms with Crippen molar-refractivity contribution in [3.8, 4) is 5.75 Å². The molecule has 22 heavy (non-hydrogen) atoms. The minimum absolute atomic E-state index is 0.000188. The average molecular weight is 309 g/mol. The highest BCUT2D eigenvalue weighted by Crippen LogP contribution is 2.26. The third-order valence-electron chi connectivity index (χ3n) is 4.17. The summed E-state index contributed by atoms with van der Waals surface area (Å²) in [5.74, 6) is 0.705. The van der Waals surface area contributed by atoms with Crippen LogP contribution in [0.5, 0.6) is 5.75 Å². The Labute approximate surface area is 132 Å². The van der Waals surface area contributed by atoms with Gasteiger partial charge in [-0.1, -0.05) is 20.8 Å². The van der Waals surface area contributed by atoms with Crippen LogP contribution in [0.2, 0.25) is 0 Å². The Balaban J connectivity index is 1.95. The Morgan fingerprint density at radius 1 is 1.41 bits per heavy atom. The summed E-state index contributed by atoms with van der Waals surface area (Å²) in [6, 6.07) is 0. The maximum absolute atomic E-state index is 12.4. The molecule has 0 radical (unpaired) electrons. The highest BCUT2D eigenvalue weighted by molar-refractivity contribution is 5.78. The van der Waals surface area contributed by atoms with Gasteiger partial charge in [-0.05, 0) is 19.3 Å². The molecule has 124 valence electrons. The number of carbonyl (C=O) groups excluding carboxylic acids is 1. The van der Waals surface area contributed by atoms with Gasteiger partial charge in [-0.15, -0.1) is 0 Å². The molecule has 6 heteroatoms. The first kappa shape index (κ1) is 16.8. The van der Waals surface area contributed by atoms with Crippen molar-refractivity contribution in [2.24, 2.45) is 12.5 Å². The molecule has 2 rings (SSSR count). The summed E-state index contributed by atoms with van der Waals surface area (Å²) in [5, 5.41) is 4.29. The molecule has 0 aromatic carbocycles. The number of rotatable bonds is 3. The fourth-order valence-electron chi connectivity index (χ4n) is 2.59. The van der Waals surface area contributed by atoms with E-state index < -0.39 is 0 Å². The molecular weight excluding hydrogens is 282 g/mol. The molecule has 1 unspecified atom stereocenters. The molecule has 1 aliphatic rings. The predicted octanol–water partition coefficient (Wildman–Crippen LogP) is 1.69. The van der Waals surface area contributed by atoms with Crippen LogP contribution in [0.15, 0.2) is 0 Å². The van der Waals surface area contributed by atoms with E-state index in [0.717, 1.165) is 11.4 Å². The average Bonchev–Trinajstić information content (AvgIpc) is 2.69. The molecule has 0 saturated carbocycles. The van der Waals surface area contributed by atoms with Crippen molar-refractivity contribution < 1.29 is 14.3 Å². The Hall–Kier alpha value is -1.56. The van der Waals surface area contributed by atoms with Gasteiger partial charge in [0.25, 0.3) is 5.91 Å². The highest BCUT2D eigenvalue weighted by Gasteiger charge is 2.32. The second-order valence-corrected chi connectivity index (χ2v) is 6.98. The van der Waals surface area contributed by atoms with Crippen LogP contribution in [0, 0.1) is 19.3 Å². The highest BCUT2D eigenvalue weighted by atomic mass is 16.5. The normalized spacial score (nSPS) is 19.4. The minimum atomic E-state index is 0.000188. The number of carbonyl (C=O) groups is 1. The second kappa shape index (κ2) is 6.28. The molecule has 0 aliphatic carbocycles. The van der Waals surface area contributed by atoms with Gasteiger partial charge in [0.2, 0.25) is 0 Å². The van der Waals surface area contributed by atoms with E-state index in [4.69, 9.17) is 9.47 Å². The van der Waals surface area contributed by atoms with Crippen LogP contribution in [0.25, 0.3) is 0 Å². The summed E-state index contributed by atoms with van der Waals surface area (Å²) < 4.78 is 13.3. The number of amides is 1. The maximum Gasteiger partial charge on any atom is 0.260 e. The van der Waals surface area contributed by atoms with Crippen LogP contribution >= 0.6 is 0 Å². The Morgan fingerprint density at radius 2 is 2.09 bits per heavy atom. The lowest BCUT2D eigenvalue weighted by Gasteiger charge is -2.39. The number of morpholine rings is 1. The van der Waals surface area contributed by atoms with Gasteiger partial charge in [0.15, 0.2) is 12.4 Å². The molecule has 1 amide bonds. The van der Waals surface area contributed by atoms with Crippen molar-refractivity contribution in [1.82, 2.24) is 14.7 Å². The number of aromatic nitrogens is 2. The van der Waals surface area contributed by atoms with E-state index in [2.05, 4.69) is 25.9 Å². The van der Waals surface area contributed by atoms with Gasteiger partial charge in [0, 0.05) is 20.1 Å². The first-order valence-electron chi connectivity index (χ1n) is 7.72. The third kappa shape index (κ3) is 3.61. The smallest absolute Gasteiger partial charge is 0.260 e. The second-order valence-electron chi connectivity index (χ2n) is 6.98. The number of hydrogen-bond acceptors (Lipinski definition) is 4. The summed E-state index contributed by atoms with van der Waals surface area (Å²) in [7, 11) is 1.87. The molecule has 1 aliphatic heterocycles. The van der Waals surface area contributed by atoms with Crippen molar-refractivity contribution in [3.63, 3.8) is 0 Å². The van der Waals surface area contributed by atoms with Gasteiger partial charge in [-0.25, -0.2) is 0 Å². The fraction of sp³-hybridized carbons (Fsp3) is 0.750. The van der Waals surface area contributed by atoms with E-state index >= 15 is 0 Å². The molecule has 0 N–H and O–H groups in total. The fourth-order valence-corrected chi connectivity index (χ4v) is 2.59. The Kier molecular flexibility index (Phi) is 4.80. The van der Waals surface area contributed by atoms with E-state index in [9.17, 15) is 4.79 Å². The molecular formula is C16H27N3O3. The van der Waals surface area contributed by atoms with Gasteiger partial charge in [-0.3, -0.25) is 9.48 Å². The van der Waals surface area contributed by atoms with Gasteiger partial charge in [0.1, 0.15) is 5.69 Å². The molecule has 1 saturated heterocycles. The van der Waals surface area contributed by atoms with E-state index in [-0.39, 0.29) is 24.0 Å². The van der Waals surface area contributed by atoms with E-state index in [1.807, 2.05) is 25.8 Å².